The number of amides is 2. The van der Waals surface area contributed by atoms with Crippen molar-refractivity contribution in [1.82, 2.24) is 10.4 Å². The Kier molecular flexibility index (Phi) is 7.48. The lowest BCUT2D eigenvalue weighted by Gasteiger charge is -2.15. The normalized spacial score (nSPS) is 14.9. The molecule has 1 aliphatic heterocycles. The zero-order valence-electron chi connectivity index (χ0n) is 16.7. The number of hydrogen-bond donors (Lipinski definition) is 1. The maximum Gasteiger partial charge on any atom is 0.285 e. The van der Waals surface area contributed by atoms with Crippen LogP contribution in [0.1, 0.15) is 35.7 Å². The van der Waals surface area contributed by atoms with Gasteiger partial charge in [0.1, 0.15) is 0 Å². The van der Waals surface area contributed by atoms with Gasteiger partial charge in [-0.25, -0.2) is 0 Å². The fourth-order valence-electron chi connectivity index (χ4n) is 2.69. The van der Waals surface area contributed by atoms with E-state index in [1.165, 1.54) is 0 Å². The van der Waals surface area contributed by atoms with E-state index in [2.05, 4.69) is 12.3 Å². The summed E-state index contributed by atoms with van der Waals surface area (Å²) >= 11 is 6.41. The van der Waals surface area contributed by atoms with Crippen LogP contribution < -0.4 is 14.9 Å². The molecule has 0 radical (unpaired) electrons. The summed E-state index contributed by atoms with van der Waals surface area (Å²) in [6.45, 7) is 2.72. The number of carbonyl (C=O) groups is 2. The van der Waals surface area contributed by atoms with Crippen molar-refractivity contribution in [3.05, 3.63) is 64.6 Å². The molecule has 1 N–H and O–H groups in total. The number of thiocarbonyl (C=S) groups is 1. The van der Waals surface area contributed by atoms with Crippen LogP contribution in [0.15, 0.2) is 53.4 Å². The number of rotatable bonds is 8. The van der Waals surface area contributed by atoms with Crippen LogP contribution in [0.5, 0.6) is 11.5 Å². The van der Waals surface area contributed by atoms with Crippen molar-refractivity contribution < 1.29 is 19.1 Å². The second-order valence-corrected chi connectivity index (χ2v) is 8.11. The van der Waals surface area contributed by atoms with Gasteiger partial charge in [0.15, 0.2) is 15.8 Å². The van der Waals surface area contributed by atoms with E-state index < -0.39 is 5.91 Å². The van der Waals surface area contributed by atoms with Crippen molar-refractivity contribution in [2.24, 2.45) is 0 Å². The lowest BCUT2D eigenvalue weighted by atomic mass is 10.2. The molecule has 6 nitrogen and oxygen atoms in total. The minimum Gasteiger partial charge on any atom is -0.493 e. The van der Waals surface area contributed by atoms with E-state index in [0.717, 1.165) is 35.2 Å². The van der Waals surface area contributed by atoms with Crippen LogP contribution in [-0.4, -0.2) is 34.9 Å². The Morgan fingerprint density at radius 2 is 1.97 bits per heavy atom. The second-order valence-electron chi connectivity index (χ2n) is 6.44. The predicted molar refractivity (Wildman–Crippen MR) is 122 cm³/mol. The molecule has 0 aromatic heterocycles. The van der Waals surface area contributed by atoms with Crippen LogP contribution in [0.3, 0.4) is 0 Å². The van der Waals surface area contributed by atoms with E-state index in [0.29, 0.717) is 28.6 Å². The minimum atomic E-state index is -0.400. The fourth-order valence-corrected chi connectivity index (χ4v) is 3.87. The number of unbranched alkanes of at least 4 members (excludes halogenated alkanes) is 1. The largest absolute Gasteiger partial charge is 0.493 e. The van der Waals surface area contributed by atoms with Crippen LogP contribution in [0.4, 0.5) is 0 Å². The van der Waals surface area contributed by atoms with E-state index in [9.17, 15) is 9.59 Å². The monoisotopic (exact) mass is 442 g/mol. The Bertz CT molecular complexity index is 976. The number of hydrazine groups is 1. The van der Waals surface area contributed by atoms with Crippen molar-refractivity contribution >= 4 is 46.2 Å². The van der Waals surface area contributed by atoms with Crippen LogP contribution in [0.2, 0.25) is 0 Å². The molecule has 0 bridgehead atoms. The van der Waals surface area contributed by atoms with Crippen LogP contribution in [0, 0.1) is 0 Å². The molecule has 1 heterocycles. The van der Waals surface area contributed by atoms with Gasteiger partial charge in [0, 0.05) is 5.56 Å². The van der Waals surface area contributed by atoms with Gasteiger partial charge in [0.25, 0.3) is 11.8 Å². The van der Waals surface area contributed by atoms with E-state index >= 15 is 0 Å². The van der Waals surface area contributed by atoms with Crippen molar-refractivity contribution in [1.29, 1.82) is 0 Å². The quantitative estimate of drug-likeness (QED) is 0.371. The molecule has 0 saturated carbocycles. The Morgan fingerprint density at radius 1 is 1.20 bits per heavy atom. The predicted octanol–water partition coefficient (Wildman–Crippen LogP) is 4.42. The third kappa shape index (κ3) is 5.20. The van der Waals surface area contributed by atoms with Gasteiger partial charge >= 0.3 is 0 Å². The molecule has 0 unspecified atom stereocenters. The highest BCUT2D eigenvalue weighted by molar-refractivity contribution is 8.26. The molecule has 3 rings (SSSR count). The lowest BCUT2D eigenvalue weighted by molar-refractivity contribution is -0.123. The highest BCUT2D eigenvalue weighted by Crippen LogP contribution is 2.34. The Morgan fingerprint density at radius 3 is 2.67 bits per heavy atom. The maximum absolute atomic E-state index is 12.8. The summed E-state index contributed by atoms with van der Waals surface area (Å²) in [4.78, 5) is 25.5. The third-order valence-electron chi connectivity index (χ3n) is 4.28. The molecule has 8 heteroatoms. The molecular weight excluding hydrogens is 420 g/mol. The van der Waals surface area contributed by atoms with Gasteiger partial charge in [-0.15, -0.1) is 0 Å². The van der Waals surface area contributed by atoms with Gasteiger partial charge in [-0.05, 0) is 54.5 Å². The number of methoxy groups -OCH3 is 1. The van der Waals surface area contributed by atoms with Gasteiger partial charge in [-0.1, -0.05) is 49.4 Å². The number of carbonyl (C=O) groups excluding carboxylic acids is 2. The van der Waals surface area contributed by atoms with Crippen molar-refractivity contribution in [3.8, 4) is 11.5 Å². The second kappa shape index (κ2) is 10.3. The van der Waals surface area contributed by atoms with Crippen LogP contribution in [0.25, 0.3) is 6.08 Å². The molecule has 0 spiro atoms. The van der Waals surface area contributed by atoms with E-state index in [1.807, 2.05) is 18.2 Å². The molecule has 2 aromatic rings. The number of benzene rings is 2. The molecule has 1 fully saturated rings. The Hall–Kier alpha value is -2.84. The van der Waals surface area contributed by atoms with Gasteiger partial charge in [0.05, 0.1) is 18.6 Å². The number of nitrogens with zero attached hydrogens (tertiary/aromatic N) is 1. The summed E-state index contributed by atoms with van der Waals surface area (Å²) < 4.78 is 11.4. The van der Waals surface area contributed by atoms with Crippen molar-refractivity contribution in [2.75, 3.05) is 13.7 Å². The highest BCUT2D eigenvalue weighted by Gasteiger charge is 2.33. The molecular formula is C22H22N2O4S2. The lowest BCUT2D eigenvalue weighted by Crippen LogP contribution is -2.44. The summed E-state index contributed by atoms with van der Waals surface area (Å²) in [6, 6.07) is 14.1. The van der Waals surface area contributed by atoms with E-state index in [-0.39, 0.29) is 10.2 Å². The fraction of sp³-hybridized carbons (Fsp3) is 0.227. The molecule has 2 aromatic carbocycles. The molecule has 30 heavy (non-hydrogen) atoms. The molecule has 156 valence electrons. The van der Waals surface area contributed by atoms with Gasteiger partial charge in [-0.2, -0.15) is 5.01 Å². The van der Waals surface area contributed by atoms with Crippen molar-refractivity contribution in [3.63, 3.8) is 0 Å². The summed E-state index contributed by atoms with van der Waals surface area (Å²) in [7, 11) is 1.57. The molecule has 0 aliphatic carbocycles. The average molecular weight is 443 g/mol. The molecule has 1 saturated heterocycles. The first-order valence-electron chi connectivity index (χ1n) is 9.48. The van der Waals surface area contributed by atoms with Crippen molar-refractivity contribution in [2.45, 2.75) is 19.8 Å². The third-order valence-corrected chi connectivity index (χ3v) is 5.59. The average Bonchev–Trinajstić information content (AvgIpc) is 3.02. The first-order valence-corrected chi connectivity index (χ1v) is 10.7. The molecule has 1 aliphatic rings. The highest BCUT2D eigenvalue weighted by atomic mass is 32.2. The molecule has 0 atom stereocenters. The number of ether oxygens (including phenoxy) is 2. The smallest absolute Gasteiger partial charge is 0.285 e. The van der Waals surface area contributed by atoms with Gasteiger partial charge in [0.2, 0.25) is 0 Å². The number of thioether (sulfide) groups is 1. The van der Waals surface area contributed by atoms with E-state index in [4.69, 9.17) is 21.7 Å². The Labute approximate surface area is 185 Å². The van der Waals surface area contributed by atoms with Gasteiger partial charge in [-0.3, -0.25) is 15.0 Å². The molecule has 2 amide bonds. The maximum atomic E-state index is 12.8. The summed E-state index contributed by atoms with van der Waals surface area (Å²) in [5.41, 5.74) is 3.78. The minimum absolute atomic E-state index is 0.266. The SMILES string of the molecule is CCCCOc1ccc(/C=C2\SC(=S)N(NC(=O)c3ccccc3)C2=O)cc1OC. The summed E-state index contributed by atoms with van der Waals surface area (Å²) in [5, 5.41) is 1.10. The number of nitrogens with one attached hydrogen (secondary N) is 1. The van der Waals surface area contributed by atoms with Crippen LogP contribution >= 0.6 is 24.0 Å². The number of hydrogen-bond acceptors (Lipinski definition) is 6. The first kappa shape index (κ1) is 21.9. The van der Waals surface area contributed by atoms with Crippen LogP contribution in [-0.2, 0) is 4.79 Å². The first-order chi connectivity index (χ1) is 14.5. The summed E-state index contributed by atoms with van der Waals surface area (Å²) in [5.74, 6) is 0.471. The summed E-state index contributed by atoms with van der Waals surface area (Å²) in [6.07, 6.45) is 3.72. The zero-order valence-corrected chi connectivity index (χ0v) is 18.3. The standard InChI is InChI=1S/C22H22N2O4S2/c1-3-4-12-28-17-11-10-15(13-18(17)27-2)14-19-21(26)24(22(29)30-19)23-20(25)16-8-6-5-7-9-16/h5-11,13-14H,3-4,12H2,1-2H3,(H,23,25)/b19-14-. The van der Waals surface area contributed by atoms with Gasteiger partial charge < -0.3 is 9.47 Å². The topological polar surface area (TPSA) is 67.9 Å². The Balaban J connectivity index is 1.74. The van der Waals surface area contributed by atoms with E-state index in [1.54, 1.807) is 43.5 Å². The zero-order chi connectivity index (χ0) is 21.5.